The highest BCUT2D eigenvalue weighted by atomic mass is 16.4. The lowest BCUT2D eigenvalue weighted by Gasteiger charge is -1.98. The fourth-order valence-corrected chi connectivity index (χ4v) is 0.996. The Balaban J connectivity index is 3.26. The van der Waals surface area contributed by atoms with E-state index in [4.69, 9.17) is 10.6 Å². The topological polar surface area (TPSA) is 86.1 Å². The molecule has 0 aliphatic heterocycles. The molecule has 0 aliphatic carbocycles. The van der Waals surface area contributed by atoms with Crippen molar-refractivity contribution in [1.29, 1.82) is 0 Å². The quantitative estimate of drug-likeness (QED) is 0.427. The molecular weight excluding hydrogens is 170 g/mol. The van der Waals surface area contributed by atoms with Gasteiger partial charge in [-0.25, -0.2) is 4.79 Å². The van der Waals surface area contributed by atoms with Gasteiger partial charge >= 0.3 is 5.97 Å². The molecule has 5 heteroatoms. The standard InChI is InChI=1S/C8H7N3O2/c1-5-2-6(8(12)13)4-7(3-5)10-11-9/h2-4H,1H3,(H,12,13). The predicted molar refractivity (Wildman–Crippen MR) is 46.9 cm³/mol. The fraction of sp³-hybridized carbons (Fsp3) is 0.125. The molecule has 0 fully saturated rings. The van der Waals surface area contributed by atoms with E-state index in [1.54, 1.807) is 13.0 Å². The van der Waals surface area contributed by atoms with Crippen LogP contribution in [-0.4, -0.2) is 11.1 Å². The SMILES string of the molecule is Cc1cc(N=[N+]=[N-])cc(C(=O)O)c1. The van der Waals surface area contributed by atoms with E-state index < -0.39 is 5.97 Å². The van der Waals surface area contributed by atoms with Gasteiger partial charge in [0.2, 0.25) is 0 Å². The van der Waals surface area contributed by atoms with Gasteiger partial charge < -0.3 is 5.11 Å². The van der Waals surface area contributed by atoms with Crippen molar-refractivity contribution in [3.05, 3.63) is 39.8 Å². The molecule has 0 saturated heterocycles. The third-order valence-corrected chi connectivity index (χ3v) is 1.47. The fourth-order valence-electron chi connectivity index (χ4n) is 0.996. The molecular formula is C8H7N3O2. The first-order chi connectivity index (χ1) is 6.13. The molecule has 1 N–H and O–H groups in total. The Morgan fingerprint density at radius 2 is 2.23 bits per heavy atom. The summed E-state index contributed by atoms with van der Waals surface area (Å²) in [5.41, 5.74) is 9.35. The summed E-state index contributed by atoms with van der Waals surface area (Å²) in [6.45, 7) is 1.74. The van der Waals surface area contributed by atoms with Crippen LogP contribution in [0.5, 0.6) is 0 Å². The number of carbonyl (C=O) groups is 1. The predicted octanol–water partition coefficient (Wildman–Crippen LogP) is 2.64. The highest BCUT2D eigenvalue weighted by Gasteiger charge is 2.03. The molecule has 0 aliphatic rings. The first kappa shape index (κ1) is 9.09. The zero-order valence-corrected chi connectivity index (χ0v) is 6.93. The summed E-state index contributed by atoms with van der Waals surface area (Å²) >= 11 is 0. The van der Waals surface area contributed by atoms with Crippen molar-refractivity contribution in [3.63, 3.8) is 0 Å². The average Bonchev–Trinajstić information content (AvgIpc) is 2.03. The first-order valence-electron chi connectivity index (χ1n) is 3.53. The van der Waals surface area contributed by atoms with Crippen molar-refractivity contribution >= 4 is 11.7 Å². The highest BCUT2D eigenvalue weighted by Crippen LogP contribution is 2.17. The number of carboxylic acids is 1. The Labute approximate surface area is 74.3 Å². The number of aryl methyl sites for hydroxylation is 1. The van der Waals surface area contributed by atoms with E-state index in [2.05, 4.69) is 10.0 Å². The summed E-state index contributed by atoms with van der Waals surface area (Å²) < 4.78 is 0. The third-order valence-electron chi connectivity index (χ3n) is 1.47. The minimum absolute atomic E-state index is 0.127. The van der Waals surface area contributed by atoms with Gasteiger partial charge in [0.15, 0.2) is 0 Å². The Hall–Kier alpha value is -2.00. The lowest BCUT2D eigenvalue weighted by molar-refractivity contribution is 0.0697. The molecule has 0 aromatic heterocycles. The lowest BCUT2D eigenvalue weighted by Crippen LogP contribution is -1.95. The van der Waals surface area contributed by atoms with Crippen LogP contribution in [-0.2, 0) is 0 Å². The molecule has 13 heavy (non-hydrogen) atoms. The van der Waals surface area contributed by atoms with Crippen LogP contribution in [0.4, 0.5) is 5.69 Å². The second-order valence-electron chi connectivity index (χ2n) is 2.55. The average molecular weight is 177 g/mol. The Kier molecular flexibility index (Phi) is 2.52. The zero-order chi connectivity index (χ0) is 9.84. The number of hydrogen-bond donors (Lipinski definition) is 1. The molecule has 5 nitrogen and oxygen atoms in total. The van der Waals surface area contributed by atoms with Crippen LogP contribution in [0.15, 0.2) is 23.3 Å². The molecule has 1 aromatic rings. The monoisotopic (exact) mass is 177 g/mol. The normalized spacial score (nSPS) is 9.00. The van der Waals surface area contributed by atoms with E-state index in [1.165, 1.54) is 12.1 Å². The van der Waals surface area contributed by atoms with E-state index in [-0.39, 0.29) is 5.56 Å². The van der Waals surface area contributed by atoms with Gasteiger partial charge in [-0.3, -0.25) is 0 Å². The van der Waals surface area contributed by atoms with E-state index >= 15 is 0 Å². The molecule has 0 heterocycles. The number of azide groups is 1. The van der Waals surface area contributed by atoms with E-state index in [1.807, 2.05) is 0 Å². The molecule has 0 amide bonds. The number of rotatable bonds is 2. The largest absolute Gasteiger partial charge is 0.478 e. The van der Waals surface area contributed by atoms with Gasteiger partial charge in [-0.2, -0.15) is 0 Å². The van der Waals surface area contributed by atoms with Gasteiger partial charge in [0.05, 0.1) is 5.56 Å². The third kappa shape index (κ3) is 2.21. The number of nitrogens with zero attached hydrogens (tertiary/aromatic N) is 3. The van der Waals surface area contributed by atoms with Crippen molar-refractivity contribution in [2.75, 3.05) is 0 Å². The molecule has 0 atom stereocenters. The smallest absolute Gasteiger partial charge is 0.335 e. The highest BCUT2D eigenvalue weighted by molar-refractivity contribution is 5.88. The molecule has 0 unspecified atom stereocenters. The number of benzene rings is 1. The Morgan fingerprint density at radius 3 is 2.77 bits per heavy atom. The minimum Gasteiger partial charge on any atom is -0.478 e. The Bertz CT molecular complexity index is 374. The van der Waals surface area contributed by atoms with Crippen molar-refractivity contribution in [2.24, 2.45) is 5.11 Å². The molecule has 1 rings (SSSR count). The van der Waals surface area contributed by atoms with Crippen LogP contribution >= 0.6 is 0 Å². The van der Waals surface area contributed by atoms with E-state index in [0.717, 1.165) is 5.56 Å². The van der Waals surface area contributed by atoms with Gasteiger partial charge in [0.1, 0.15) is 0 Å². The summed E-state index contributed by atoms with van der Waals surface area (Å²) in [5, 5.41) is 12.0. The van der Waals surface area contributed by atoms with Crippen LogP contribution in [0, 0.1) is 6.92 Å². The lowest BCUT2D eigenvalue weighted by atomic mass is 10.1. The summed E-state index contributed by atoms with van der Waals surface area (Å²) in [4.78, 5) is 13.2. The summed E-state index contributed by atoms with van der Waals surface area (Å²) in [6, 6.07) is 4.46. The summed E-state index contributed by atoms with van der Waals surface area (Å²) in [7, 11) is 0. The summed E-state index contributed by atoms with van der Waals surface area (Å²) in [6.07, 6.45) is 0. The van der Waals surface area contributed by atoms with Crippen LogP contribution in [0.3, 0.4) is 0 Å². The number of carboxylic acid groups (broad SMARTS) is 1. The molecule has 0 radical (unpaired) electrons. The van der Waals surface area contributed by atoms with Gasteiger partial charge in [-0.05, 0) is 36.2 Å². The van der Waals surface area contributed by atoms with Crippen LogP contribution in [0.1, 0.15) is 15.9 Å². The second-order valence-corrected chi connectivity index (χ2v) is 2.55. The Morgan fingerprint density at radius 1 is 1.54 bits per heavy atom. The zero-order valence-electron chi connectivity index (χ0n) is 6.93. The number of aromatic carboxylic acids is 1. The van der Waals surface area contributed by atoms with Crippen molar-refractivity contribution in [3.8, 4) is 0 Å². The van der Waals surface area contributed by atoms with Gasteiger partial charge in [0, 0.05) is 10.6 Å². The molecule has 1 aromatic carbocycles. The minimum atomic E-state index is -1.03. The first-order valence-corrected chi connectivity index (χ1v) is 3.53. The second kappa shape index (κ2) is 3.60. The van der Waals surface area contributed by atoms with Crippen molar-refractivity contribution < 1.29 is 9.90 Å². The number of hydrogen-bond acceptors (Lipinski definition) is 2. The van der Waals surface area contributed by atoms with Gasteiger partial charge in [0.25, 0.3) is 0 Å². The van der Waals surface area contributed by atoms with Crippen LogP contribution in [0.25, 0.3) is 10.4 Å². The maximum absolute atomic E-state index is 10.6. The van der Waals surface area contributed by atoms with E-state index in [9.17, 15) is 4.79 Å². The molecule has 66 valence electrons. The summed E-state index contributed by atoms with van der Waals surface area (Å²) in [5.74, 6) is -1.03. The molecule has 0 spiro atoms. The van der Waals surface area contributed by atoms with E-state index in [0.29, 0.717) is 5.69 Å². The van der Waals surface area contributed by atoms with Crippen molar-refractivity contribution in [1.82, 2.24) is 0 Å². The molecule has 0 saturated carbocycles. The van der Waals surface area contributed by atoms with Crippen LogP contribution < -0.4 is 0 Å². The van der Waals surface area contributed by atoms with Gasteiger partial charge in [-0.15, -0.1) is 0 Å². The van der Waals surface area contributed by atoms with Crippen molar-refractivity contribution in [2.45, 2.75) is 6.92 Å². The maximum atomic E-state index is 10.6. The molecule has 0 bridgehead atoms. The van der Waals surface area contributed by atoms with Crippen LogP contribution in [0.2, 0.25) is 0 Å². The van der Waals surface area contributed by atoms with Gasteiger partial charge in [-0.1, -0.05) is 5.11 Å². The maximum Gasteiger partial charge on any atom is 0.335 e.